The highest BCUT2D eigenvalue weighted by molar-refractivity contribution is 5.94. The first-order valence-electron chi connectivity index (χ1n) is 8.83. The molecule has 1 amide bonds. The number of ether oxygens (including phenoxy) is 1. The molecular weight excluding hydrogens is 339 g/mol. The van der Waals surface area contributed by atoms with E-state index < -0.39 is 5.82 Å². The summed E-state index contributed by atoms with van der Waals surface area (Å²) in [5, 5.41) is 18.2. The van der Waals surface area contributed by atoms with Crippen LogP contribution in [0.15, 0.2) is 29.3 Å². The summed E-state index contributed by atoms with van der Waals surface area (Å²) in [5.74, 6) is -0.220. The Kier molecular flexibility index (Phi) is 7.80. The van der Waals surface area contributed by atoms with Crippen LogP contribution in [-0.2, 0) is 9.53 Å². The van der Waals surface area contributed by atoms with E-state index in [-0.39, 0.29) is 24.5 Å². The zero-order valence-electron chi connectivity index (χ0n) is 15.1. The highest BCUT2D eigenvalue weighted by Crippen LogP contribution is 2.31. The number of carbonyl (C=O) groups is 1. The molecule has 1 aromatic rings. The van der Waals surface area contributed by atoms with Gasteiger partial charge < -0.3 is 25.8 Å². The van der Waals surface area contributed by atoms with E-state index in [1.165, 1.54) is 18.2 Å². The molecule has 0 spiro atoms. The van der Waals surface area contributed by atoms with E-state index in [1.807, 2.05) is 6.92 Å². The van der Waals surface area contributed by atoms with Crippen molar-refractivity contribution in [2.45, 2.75) is 19.8 Å². The predicted octanol–water partition coefficient (Wildman–Crippen LogP) is 1.11. The average Bonchev–Trinajstić information content (AvgIpc) is 3.06. The number of hydrogen-bond donors (Lipinski definition) is 4. The monoisotopic (exact) mass is 366 g/mol. The Morgan fingerprint density at radius 3 is 2.92 bits per heavy atom. The lowest BCUT2D eigenvalue weighted by Crippen LogP contribution is -2.44. The molecule has 1 aliphatic rings. The molecule has 1 aromatic carbocycles. The average molecular weight is 366 g/mol. The predicted molar refractivity (Wildman–Crippen MR) is 98.6 cm³/mol. The number of amides is 1. The van der Waals surface area contributed by atoms with E-state index in [1.54, 1.807) is 6.07 Å². The number of halogens is 1. The largest absolute Gasteiger partial charge is 0.396 e. The fraction of sp³-hybridized carbons (Fsp3) is 0.556. The molecule has 1 fully saturated rings. The fourth-order valence-corrected chi connectivity index (χ4v) is 2.84. The first kappa shape index (κ1) is 20.1. The van der Waals surface area contributed by atoms with Crippen LogP contribution in [0.5, 0.6) is 0 Å². The second-order valence-corrected chi connectivity index (χ2v) is 6.38. The van der Waals surface area contributed by atoms with Gasteiger partial charge in [-0.05, 0) is 38.0 Å². The van der Waals surface area contributed by atoms with E-state index in [0.29, 0.717) is 44.4 Å². The molecule has 1 saturated heterocycles. The number of aliphatic hydroxyl groups excluding tert-OH is 1. The summed E-state index contributed by atoms with van der Waals surface area (Å²) in [4.78, 5) is 16.3. The van der Waals surface area contributed by atoms with Gasteiger partial charge in [-0.2, -0.15) is 0 Å². The van der Waals surface area contributed by atoms with E-state index >= 15 is 0 Å². The maximum atomic E-state index is 13.2. The normalized spacial score (nSPS) is 20.0. The van der Waals surface area contributed by atoms with Crippen LogP contribution in [0, 0.1) is 11.2 Å². The lowest BCUT2D eigenvalue weighted by atomic mass is 9.84. The quantitative estimate of drug-likeness (QED) is 0.408. The lowest BCUT2D eigenvalue weighted by molar-refractivity contribution is -0.114. The SMILES string of the molecule is CCNC(=NCC(=O)Nc1cccc(F)c1)NCC1(CCO)CCOC1. The smallest absolute Gasteiger partial charge is 0.246 e. The van der Waals surface area contributed by atoms with Gasteiger partial charge in [0, 0.05) is 37.4 Å². The summed E-state index contributed by atoms with van der Waals surface area (Å²) < 4.78 is 18.6. The molecule has 4 N–H and O–H groups in total. The van der Waals surface area contributed by atoms with Gasteiger partial charge in [-0.15, -0.1) is 0 Å². The van der Waals surface area contributed by atoms with Crippen molar-refractivity contribution in [2.75, 3.05) is 44.8 Å². The Bertz CT molecular complexity index is 618. The minimum Gasteiger partial charge on any atom is -0.396 e. The van der Waals surface area contributed by atoms with Gasteiger partial charge in [0.2, 0.25) is 5.91 Å². The lowest BCUT2D eigenvalue weighted by Gasteiger charge is -2.27. The van der Waals surface area contributed by atoms with Gasteiger partial charge >= 0.3 is 0 Å². The molecule has 26 heavy (non-hydrogen) atoms. The first-order chi connectivity index (χ1) is 12.6. The van der Waals surface area contributed by atoms with E-state index in [0.717, 1.165) is 6.42 Å². The molecule has 1 unspecified atom stereocenters. The van der Waals surface area contributed by atoms with Gasteiger partial charge in [-0.25, -0.2) is 9.38 Å². The summed E-state index contributed by atoms with van der Waals surface area (Å²) in [6.45, 7) is 4.49. The molecule has 144 valence electrons. The Balaban J connectivity index is 1.89. The topological polar surface area (TPSA) is 95.0 Å². The summed E-state index contributed by atoms with van der Waals surface area (Å²) in [6.07, 6.45) is 1.53. The van der Waals surface area contributed by atoms with E-state index in [9.17, 15) is 14.3 Å². The summed E-state index contributed by atoms with van der Waals surface area (Å²) in [6, 6.07) is 5.72. The van der Waals surface area contributed by atoms with E-state index in [2.05, 4.69) is 20.9 Å². The Morgan fingerprint density at radius 2 is 2.27 bits per heavy atom. The van der Waals surface area contributed by atoms with Crippen LogP contribution in [0.1, 0.15) is 19.8 Å². The first-order valence-corrected chi connectivity index (χ1v) is 8.83. The minimum atomic E-state index is -0.408. The van der Waals surface area contributed by atoms with Crippen molar-refractivity contribution < 1.29 is 19.0 Å². The third-order valence-electron chi connectivity index (χ3n) is 4.29. The summed E-state index contributed by atoms with van der Waals surface area (Å²) in [7, 11) is 0. The molecule has 8 heteroatoms. The van der Waals surface area contributed by atoms with Gasteiger partial charge in [0.05, 0.1) is 6.61 Å². The second kappa shape index (κ2) is 10.1. The van der Waals surface area contributed by atoms with Crippen molar-refractivity contribution in [3.05, 3.63) is 30.1 Å². The Labute approximate surface area is 153 Å². The van der Waals surface area contributed by atoms with Crippen molar-refractivity contribution in [1.29, 1.82) is 0 Å². The fourth-order valence-electron chi connectivity index (χ4n) is 2.84. The van der Waals surface area contributed by atoms with Crippen LogP contribution in [0.4, 0.5) is 10.1 Å². The molecule has 2 rings (SSSR count). The molecule has 0 saturated carbocycles. The van der Waals surface area contributed by atoms with Gasteiger partial charge in [-0.1, -0.05) is 6.07 Å². The van der Waals surface area contributed by atoms with E-state index in [4.69, 9.17) is 4.74 Å². The van der Waals surface area contributed by atoms with Gasteiger partial charge in [0.25, 0.3) is 0 Å². The molecule has 1 aliphatic heterocycles. The maximum Gasteiger partial charge on any atom is 0.246 e. The number of anilines is 1. The third kappa shape index (κ3) is 6.27. The van der Waals surface area contributed by atoms with Gasteiger partial charge in [0.15, 0.2) is 5.96 Å². The highest BCUT2D eigenvalue weighted by Gasteiger charge is 2.34. The number of aliphatic imine (C=N–C) groups is 1. The summed E-state index contributed by atoms with van der Waals surface area (Å²) in [5.41, 5.74) is 0.280. The summed E-state index contributed by atoms with van der Waals surface area (Å²) >= 11 is 0. The molecule has 1 atom stereocenters. The van der Waals surface area contributed by atoms with Crippen molar-refractivity contribution in [3.8, 4) is 0 Å². The van der Waals surface area contributed by atoms with Crippen LogP contribution in [0.3, 0.4) is 0 Å². The number of carbonyl (C=O) groups excluding carboxylic acids is 1. The maximum absolute atomic E-state index is 13.2. The number of rotatable bonds is 8. The van der Waals surface area contributed by atoms with Crippen molar-refractivity contribution in [3.63, 3.8) is 0 Å². The van der Waals surface area contributed by atoms with Crippen molar-refractivity contribution in [1.82, 2.24) is 10.6 Å². The van der Waals surface area contributed by atoms with Crippen molar-refractivity contribution in [2.24, 2.45) is 10.4 Å². The molecule has 0 aliphatic carbocycles. The second-order valence-electron chi connectivity index (χ2n) is 6.38. The minimum absolute atomic E-state index is 0.0879. The van der Waals surface area contributed by atoms with Crippen LogP contribution < -0.4 is 16.0 Å². The number of nitrogens with zero attached hydrogens (tertiary/aromatic N) is 1. The number of guanidine groups is 1. The Hall–Kier alpha value is -2.19. The highest BCUT2D eigenvalue weighted by atomic mass is 19.1. The number of benzene rings is 1. The van der Waals surface area contributed by atoms with Crippen LogP contribution in [-0.4, -0.2) is 56.4 Å². The Morgan fingerprint density at radius 1 is 1.42 bits per heavy atom. The number of nitrogens with one attached hydrogen (secondary N) is 3. The van der Waals surface area contributed by atoms with Crippen LogP contribution in [0.2, 0.25) is 0 Å². The molecule has 1 heterocycles. The zero-order chi connectivity index (χ0) is 18.8. The van der Waals surface area contributed by atoms with Crippen molar-refractivity contribution >= 4 is 17.6 Å². The molecule has 0 radical (unpaired) electrons. The van der Waals surface area contributed by atoms with Gasteiger partial charge in [-0.3, -0.25) is 4.79 Å². The third-order valence-corrected chi connectivity index (χ3v) is 4.29. The van der Waals surface area contributed by atoms with Crippen LogP contribution in [0.25, 0.3) is 0 Å². The van der Waals surface area contributed by atoms with Crippen LogP contribution >= 0.6 is 0 Å². The number of aliphatic hydroxyl groups is 1. The zero-order valence-corrected chi connectivity index (χ0v) is 15.1. The molecular formula is C18H27FN4O3. The van der Waals surface area contributed by atoms with Gasteiger partial charge in [0.1, 0.15) is 12.4 Å². The molecule has 0 bridgehead atoms. The molecule has 0 aromatic heterocycles. The standard InChI is InChI=1S/C18H27FN4O3/c1-2-20-17(22-12-18(6-8-24)7-9-26-13-18)21-11-16(25)23-15-5-3-4-14(19)10-15/h3-5,10,24H,2,6-9,11-13H2,1H3,(H,23,25)(H2,20,21,22). The molecule has 7 nitrogen and oxygen atoms in total. The number of hydrogen-bond acceptors (Lipinski definition) is 4.